The second-order valence-electron chi connectivity index (χ2n) is 13.9. The molecule has 0 rings (SSSR count). The fourth-order valence-corrected chi connectivity index (χ4v) is 6.64. The van der Waals surface area contributed by atoms with Gasteiger partial charge in [-0.3, -0.25) is 9.35 Å². The first-order chi connectivity index (χ1) is 23.8. The van der Waals surface area contributed by atoms with Crippen molar-refractivity contribution in [2.75, 3.05) is 5.75 Å². The highest BCUT2D eigenvalue weighted by Gasteiger charge is 2.24. The van der Waals surface area contributed by atoms with Crippen molar-refractivity contribution < 1.29 is 22.9 Å². The van der Waals surface area contributed by atoms with Crippen LogP contribution in [0.5, 0.6) is 0 Å². The number of hydrogen-bond acceptors (Lipinski definition) is 4. The fraction of sp³-hybridized carbons (Fsp3) is 0.786. The highest BCUT2D eigenvalue weighted by atomic mass is 32.2. The number of aliphatic hydroxyl groups is 1. The van der Waals surface area contributed by atoms with Crippen molar-refractivity contribution in [1.82, 2.24) is 5.32 Å². The van der Waals surface area contributed by atoms with Crippen molar-refractivity contribution in [2.45, 2.75) is 206 Å². The summed E-state index contributed by atoms with van der Waals surface area (Å²) < 4.78 is 32.5. The molecular weight excluding hydrogens is 631 g/mol. The molecule has 0 aromatic rings. The Morgan fingerprint density at radius 2 is 0.939 bits per heavy atom. The Balaban J connectivity index is 4.00. The smallest absolute Gasteiger partial charge is 0.267 e. The number of amides is 1. The first kappa shape index (κ1) is 47.3. The normalized spacial score (nSPS) is 13.8. The minimum Gasteiger partial charge on any atom is -0.387 e. The van der Waals surface area contributed by atoms with E-state index in [1.807, 2.05) is 6.08 Å². The summed E-state index contributed by atoms with van der Waals surface area (Å²) in [5, 5.41) is 13.2. The van der Waals surface area contributed by atoms with Gasteiger partial charge in [-0.1, -0.05) is 172 Å². The predicted octanol–water partition coefficient (Wildman–Crippen LogP) is 11.9. The molecule has 0 saturated carbocycles. The maximum absolute atomic E-state index is 12.5. The first-order valence-corrected chi connectivity index (χ1v) is 21.9. The molecule has 49 heavy (non-hydrogen) atoms. The molecule has 0 heterocycles. The maximum Gasteiger partial charge on any atom is 0.267 e. The van der Waals surface area contributed by atoms with Crippen LogP contribution in [0.3, 0.4) is 0 Å². The Morgan fingerprint density at radius 1 is 0.551 bits per heavy atom. The summed E-state index contributed by atoms with van der Waals surface area (Å²) in [6, 6.07) is -1.08. The minimum absolute atomic E-state index is 0.278. The maximum atomic E-state index is 12.5. The molecule has 0 bridgehead atoms. The SMILES string of the molecule is CCCCC/C=C\C/C=C\CCCCCCCCCC(=O)NC(CS(=O)(=O)O)C(O)/C=C/CC/C=C/CCCCCCCCCCCCC. The molecule has 0 aliphatic carbocycles. The van der Waals surface area contributed by atoms with Crippen LogP contribution in [0.15, 0.2) is 48.6 Å². The van der Waals surface area contributed by atoms with Gasteiger partial charge >= 0.3 is 0 Å². The van der Waals surface area contributed by atoms with Crippen LogP contribution in [-0.2, 0) is 14.9 Å². The third-order valence-electron chi connectivity index (χ3n) is 8.98. The fourth-order valence-electron chi connectivity index (χ4n) is 5.91. The van der Waals surface area contributed by atoms with Crippen LogP contribution in [0, 0.1) is 0 Å². The lowest BCUT2D eigenvalue weighted by molar-refractivity contribution is -0.122. The van der Waals surface area contributed by atoms with Gasteiger partial charge in [-0.2, -0.15) is 8.42 Å². The summed E-state index contributed by atoms with van der Waals surface area (Å²) in [5.74, 6) is -1.01. The lowest BCUT2D eigenvalue weighted by atomic mass is 10.1. The molecule has 0 radical (unpaired) electrons. The van der Waals surface area contributed by atoms with E-state index in [1.165, 1.54) is 122 Å². The van der Waals surface area contributed by atoms with Gasteiger partial charge in [0, 0.05) is 6.42 Å². The third-order valence-corrected chi connectivity index (χ3v) is 9.76. The summed E-state index contributed by atoms with van der Waals surface area (Å²) in [4.78, 5) is 12.5. The Morgan fingerprint density at radius 3 is 1.45 bits per heavy atom. The summed E-state index contributed by atoms with van der Waals surface area (Å²) in [6.07, 6.45) is 48.1. The van der Waals surface area contributed by atoms with Gasteiger partial charge in [0.15, 0.2) is 0 Å². The molecular formula is C42H77NO5S. The average Bonchev–Trinajstić information content (AvgIpc) is 3.06. The van der Waals surface area contributed by atoms with Crippen molar-refractivity contribution in [1.29, 1.82) is 0 Å². The van der Waals surface area contributed by atoms with Crippen molar-refractivity contribution in [3.63, 3.8) is 0 Å². The summed E-state index contributed by atoms with van der Waals surface area (Å²) in [6.45, 7) is 4.49. The summed E-state index contributed by atoms with van der Waals surface area (Å²) in [5.41, 5.74) is 0. The van der Waals surface area contributed by atoms with E-state index in [9.17, 15) is 22.9 Å². The van der Waals surface area contributed by atoms with Crippen molar-refractivity contribution in [3.8, 4) is 0 Å². The first-order valence-electron chi connectivity index (χ1n) is 20.3. The number of nitrogens with one attached hydrogen (secondary N) is 1. The highest BCUT2D eigenvalue weighted by molar-refractivity contribution is 7.85. The van der Waals surface area contributed by atoms with Gasteiger partial charge in [-0.25, -0.2) is 0 Å². The molecule has 0 fully saturated rings. The zero-order chi connectivity index (χ0) is 36.1. The van der Waals surface area contributed by atoms with E-state index in [0.717, 1.165) is 51.4 Å². The van der Waals surface area contributed by atoms with Gasteiger partial charge in [-0.15, -0.1) is 0 Å². The van der Waals surface area contributed by atoms with Gasteiger partial charge < -0.3 is 10.4 Å². The Labute approximate surface area is 303 Å². The van der Waals surface area contributed by atoms with E-state index >= 15 is 0 Å². The molecule has 6 nitrogen and oxygen atoms in total. The molecule has 0 aliphatic heterocycles. The second-order valence-corrected chi connectivity index (χ2v) is 15.4. The van der Waals surface area contributed by atoms with E-state index in [2.05, 4.69) is 55.6 Å². The van der Waals surface area contributed by atoms with Crippen LogP contribution in [0.25, 0.3) is 0 Å². The summed E-state index contributed by atoms with van der Waals surface area (Å²) >= 11 is 0. The van der Waals surface area contributed by atoms with Crippen LogP contribution >= 0.6 is 0 Å². The molecule has 1 amide bonds. The van der Waals surface area contributed by atoms with Crippen LogP contribution in [0.2, 0.25) is 0 Å². The average molecular weight is 708 g/mol. The van der Waals surface area contributed by atoms with Crippen LogP contribution in [0.4, 0.5) is 0 Å². The molecule has 0 aromatic heterocycles. The van der Waals surface area contributed by atoms with Crippen molar-refractivity contribution in [2.24, 2.45) is 0 Å². The molecule has 2 atom stereocenters. The molecule has 0 aromatic carbocycles. The number of carbonyl (C=O) groups is 1. The number of rotatable bonds is 36. The highest BCUT2D eigenvalue weighted by Crippen LogP contribution is 2.13. The molecule has 3 N–H and O–H groups in total. The van der Waals surface area contributed by atoms with Crippen LogP contribution in [0.1, 0.15) is 194 Å². The quantitative estimate of drug-likeness (QED) is 0.0342. The Bertz CT molecular complexity index is 956. The summed E-state index contributed by atoms with van der Waals surface area (Å²) in [7, 11) is -4.36. The second kappa shape index (κ2) is 36.1. The monoisotopic (exact) mass is 708 g/mol. The van der Waals surface area contributed by atoms with Crippen molar-refractivity contribution >= 4 is 16.0 Å². The van der Waals surface area contributed by atoms with Crippen molar-refractivity contribution in [3.05, 3.63) is 48.6 Å². The van der Waals surface area contributed by atoms with Crippen LogP contribution in [-0.4, -0.2) is 41.9 Å². The number of carbonyl (C=O) groups excluding carboxylic acids is 1. The largest absolute Gasteiger partial charge is 0.387 e. The van der Waals surface area contributed by atoms with E-state index in [1.54, 1.807) is 0 Å². The van der Waals surface area contributed by atoms with Gasteiger partial charge in [0.25, 0.3) is 10.1 Å². The lowest BCUT2D eigenvalue weighted by Gasteiger charge is -2.21. The topological polar surface area (TPSA) is 104 Å². The number of hydrogen-bond donors (Lipinski definition) is 3. The third kappa shape index (κ3) is 37.4. The van der Waals surface area contributed by atoms with Crippen LogP contribution < -0.4 is 5.32 Å². The van der Waals surface area contributed by atoms with Gasteiger partial charge in [0.1, 0.15) is 0 Å². The van der Waals surface area contributed by atoms with E-state index in [-0.39, 0.29) is 12.3 Å². The zero-order valence-electron chi connectivity index (χ0n) is 31.8. The predicted molar refractivity (Wildman–Crippen MR) is 212 cm³/mol. The molecule has 0 spiro atoms. The molecule has 286 valence electrons. The van der Waals surface area contributed by atoms with Gasteiger partial charge in [0.05, 0.1) is 17.9 Å². The molecule has 0 saturated heterocycles. The zero-order valence-corrected chi connectivity index (χ0v) is 32.6. The van der Waals surface area contributed by atoms with E-state index in [4.69, 9.17) is 0 Å². The number of unbranched alkanes of at least 4 members (excludes halogenated alkanes) is 22. The molecule has 0 aliphatic rings. The lowest BCUT2D eigenvalue weighted by Crippen LogP contribution is -2.46. The standard InChI is InChI=1S/C42H77NO5S/c1-3-5-7-9-11-13-15-17-19-21-23-25-27-29-31-33-35-37-41(44)40(39-49(46,47)48)43-42(45)38-36-34-32-30-28-26-24-22-20-18-16-14-12-10-8-6-4-2/h12,14,18,20,27,29,35,37,40-41,44H,3-11,13,15-17,19,21-26,28,30-34,36,38-39H2,1-2H3,(H,43,45)(H,46,47,48)/b14-12-,20-18-,29-27+,37-35+. The Hall–Kier alpha value is -1.70. The number of allylic oxidation sites excluding steroid dienone is 7. The van der Waals surface area contributed by atoms with E-state index < -0.39 is 28.0 Å². The van der Waals surface area contributed by atoms with Gasteiger partial charge in [-0.05, 0) is 64.2 Å². The van der Waals surface area contributed by atoms with E-state index in [0.29, 0.717) is 6.42 Å². The molecule has 7 heteroatoms. The van der Waals surface area contributed by atoms with Gasteiger partial charge in [0.2, 0.25) is 5.91 Å². The number of aliphatic hydroxyl groups excluding tert-OH is 1. The minimum atomic E-state index is -4.36. The Kier molecular flexibility index (Phi) is 34.9. The molecule has 2 unspecified atom stereocenters.